The predicted octanol–water partition coefficient (Wildman–Crippen LogP) is 2.10. The molecular formula is C12H26N2. The highest BCUT2D eigenvalue weighted by Gasteiger charge is 2.32. The number of rotatable bonds is 0. The molecule has 1 N–H and O–H groups in total. The monoisotopic (exact) mass is 198 g/mol. The molecule has 84 valence electrons. The normalized spacial score (nSPS) is 30.0. The summed E-state index contributed by atoms with van der Waals surface area (Å²) in [5.74, 6) is 0.746. The molecule has 0 radical (unpaired) electrons. The first-order chi connectivity index (χ1) is 6.21. The highest BCUT2D eigenvalue weighted by atomic mass is 15.2. The molecule has 2 nitrogen and oxygen atoms in total. The fraction of sp³-hybridized carbons (Fsp3) is 1.00. The van der Waals surface area contributed by atoms with Gasteiger partial charge < -0.3 is 5.32 Å². The fourth-order valence-electron chi connectivity index (χ4n) is 2.00. The molecule has 2 heteroatoms. The van der Waals surface area contributed by atoms with Crippen LogP contribution in [0, 0.1) is 5.92 Å². The Morgan fingerprint density at radius 2 is 1.86 bits per heavy atom. The Balaban J connectivity index is 2.75. The summed E-state index contributed by atoms with van der Waals surface area (Å²) in [7, 11) is 0. The molecule has 1 atom stereocenters. The molecule has 0 aromatic carbocycles. The van der Waals surface area contributed by atoms with Crippen LogP contribution in [-0.2, 0) is 0 Å². The van der Waals surface area contributed by atoms with Crippen LogP contribution < -0.4 is 5.32 Å². The summed E-state index contributed by atoms with van der Waals surface area (Å²) in [6.45, 7) is 17.3. The van der Waals surface area contributed by atoms with Crippen LogP contribution in [0.25, 0.3) is 0 Å². The number of hydrogen-bond donors (Lipinski definition) is 1. The summed E-state index contributed by atoms with van der Waals surface area (Å²) < 4.78 is 0. The molecule has 0 amide bonds. The van der Waals surface area contributed by atoms with Crippen LogP contribution >= 0.6 is 0 Å². The minimum Gasteiger partial charge on any atom is -0.310 e. The lowest BCUT2D eigenvalue weighted by molar-refractivity contribution is 0.107. The average molecular weight is 198 g/mol. The fourth-order valence-corrected chi connectivity index (χ4v) is 2.00. The standard InChI is InChI=1S/C12H26N2/c1-10-7-13-12(5,6)9-14(8-10)11(2,3)4/h10,13H,7-9H2,1-6H3. The lowest BCUT2D eigenvalue weighted by atomic mass is 10.00. The van der Waals surface area contributed by atoms with Crippen molar-refractivity contribution in [3.05, 3.63) is 0 Å². The summed E-state index contributed by atoms with van der Waals surface area (Å²) in [5.41, 5.74) is 0.537. The molecule has 0 spiro atoms. The Morgan fingerprint density at radius 3 is 2.36 bits per heavy atom. The maximum atomic E-state index is 3.63. The maximum Gasteiger partial charge on any atom is 0.0252 e. The Bertz CT molecular complexity index is 191. The van der Waals surface area contributed by atoms with Gasteiger partial charge in [-0.2, -0.15) is 0 Å². The van der Waals surface area contributed by atoms with Gasteiger partial charge in [-0.3, -0.25) is 4.90 Å². The largest absolute Gasteiger partial charge is 0.310 e. The zero-order valence-electron chi connectivity index (χ0n) is 10.6. The van der Waals surface area contributed by atoms with Crippen LogP contribution in [0.1, 0.15) is 41.5 Å². The first-order valence-electron chi connectivity index (χ1n) is 5.71. The molecule has 0 bridgehead atoms. The maximum absolute atomic E-state index is 3.63. The van der Waals surface area contributed by atoms with Gasteiger partial charge in [0, 0.05) is 24.2 Å². The topological polar surface area (TPSA) is 15.3 Å². The first kappa shape index (κ1) is 12.0. The van der Waals surface area contributed by atoms with Crippen molar-refractivity contribution in [3.63, 3.8) is 0 Å². The number of nitrogens with zero attached hydrogens (tertiary/aromatic N) is 1. The van der Waals surface area contributed by atoms with Crippen molar-refractivity contribution in [2.75, 3.05) is 19.6 Å². The molecular weight excluding hydrogens is 172 g/mol. The van der Waals surface area contributed by atoms with E-state index >= 15 is 0 Å². The van der Waals surface area contributed by atoms with Crippen LogP contribution in [0.15, 0.2) is 0 Å². The highest BCUT2D eigenvalue weighted by molar-refractivity contribution is 4.91. The zero-order chi connectivity index (χ0) is 11.0. The number of hydrogen-bond acceptors (Lipinski definition) is 2. The quantitative estimate of drug-likeness (QED) is 0.641. The highest BCUT2D eigenvalue weighted by Crippen LogP contribution is 2.21. The van der Waals surface area contributed by atoms with Gasteiger partial charge >= 0.3 is 0 Å². The van der Waals surface area contributed by atoms with Gasteiger partial charge in [0.2, 0.25) is 0 Å². The van der Waals surface area contributed by atoms with E-state index in [4.69, 9.17) is 0 Å². The molecule has 1 aliphatic heterocycles. The third-order valence-electron chi connectivity index (χ3n) is 3.00. The Morgan fingerprint density at radius 1 is 1.29 bits per heavy atom. The predicted molar refractivity (Wildman–Crippen MR) is 62.6 cm³/mol. The summed E-state index contributed by atoms with van der Waals surface area (Å²) in [4.78, 5) is 2.59. The molecule has 0 aliphatic carbocycles. The molecule has 1 unspecified atom stereocenters. The minimum absolute atomic E-state index is 0.248. The summed E-state index contributed by atoms with van der Waals surface area (Å²) in [5, 5.41) is 3.63. The van der Waals surface area contributed by atoms with E-state index in [9.17, 15) is 0 Å². The van der Waals surface area contributed by atoms with Crippen molar-refractivity contribution in [2.45, 2.75) is 52.6 Å². The van der Waals surface area contributed by atoms with Crippen LogP contribution in [0.5, 0.6) is 0 Å². The van der Waals surface area contributed by atoms with E-state index in [2.05, 4.69) is 51.8 Å². The van der Waals surface area contributed by atoms with Crippen LogP contribution in [0.2, 0.25) is 0 Å². The van der Waals surface area contributed by atoms with Gasteiger partial charge in [-0.15, -0.1) is 0 Å². The van der Waals surface area contributed by atoms with Gasteiger partial charge in [0.1, 0.15) is 0 Å². The second kappa shape index (κ2) is 3.82. The third-order valence-corrected chi connectivity index (χ3v) is 3.00. The van der Waals surface area contributed by atoms with E-state index in [1.54, 1.807) is 0 Å². The average Bonchev–Trinajstić information content (AvgIpc) is 2.09. The van der Waals surface area contributed by atoms with Gasteiger partial charge in [-0.05, 0) is 47.1 Å². The molecule has 14 heavy (non-hydrogen) atoms. The van der Waals surface area contributed by atoms with E-state index in [1.165, 1.54) is 6.54 Å². The van der Waals surface area contributed by atoms with Crippen molar-refractivity contribution in [2.24, 2.45) is 5.92 Å². The Hall–Kier alpha value is -0.0800. The second-order valence-corrected chi connectivity index (χ2v) is 6.42. The second-order valence-electron chi connectivity index (χ2n) is 6.42. The van der Waals surface area contributed by atoms with Gasteiger partial charge in [0.25, 0.3) is 0 Å². The van der Waals surface area contributed by atoms with Crippen LogP contribution in [0.3, 0.4) is 0 Å². The van der Waals surface area contributed by atoms with Crippen molar-refractivity contribution < 1.29 is 0 Å². The smallest absolute Gasteiger partial charge is 0.0252 e. The molecule has 0 aromatic rings. The first-order valence-corrected chi connectivity index (χ1v) is 5.71. The van der Waals surface area contributed by atoms with Gasteiger partial charge in [-0.25, -0.2) is 0 Å². The van der Waals surface area contributed by atoms with E-state index in [-0.39, 0.29) is 11.1 Å². The minimum atomic E-state index is 0.248. The van der Waals surface area contributed by atoms with E-state index < -0.39 is 0 Å². The molecule has 0 aromatic heterocycles. The van der Waals surface area contributed by atoms with Crippen molar-refractivity contribution in [1.82, 2.24) is 10.2 Å². The van der Waals surface area contributed by atoms with Gasteiger partial charge in [-0.1, -0.05) is 6.92 Å². The SMILES string of the molecule is CC1CNC(C)(C)CN(C(C)(C)C)C1. The van der Waals surface area contributed by atoms with E-state index in [0.717, 1.165) is 19.0 Å². The van der Waals surface area contributed by atoms with Gasteiger partial charge in [0.05, 0.1) is 0 Å². The van der Waals surface area contributed by atoms with Crippen molar-refractivity contribution >= 4 is 0 Å². The third kappa shape index (κ3) is 3.25. The van der Waals surface area contributed by atoms with Crippen LogP contribution in [0.4, 0.5) is 0 Å². The number of nitrogens with one attached hydrogen (secondary N) is 1. The van der Waals surface area contributed by atoms with Crippen LogP contribution in [-0.4, -0.2) is 35.6 Å². The molecule has 1 rings (SSSR count). The van der Waals surface area contributed by atoms with E-state index in [0.29, 0.717) is 0 Å². The zero-order valence-corrected chi connectivity index (χ0v) is 10.6. The van der Waals surface area contributed by atoms with Crippen molar-refractivity contribution in [1.29, 1.82) is 0 Å². The Labute approximate surface area is 89.1 Å². The summed E-state index contributed by atoms with van der Waals surface area (Å²) >= 11 is 0. The Kier molecular flexibility index (Phi) is 3.27. The lowest BCUT2D eigenvalue weighted by Gasteiger charge is -2.39. The molecule has 1 fully saturated rings. The molecule has 0 saturated carbocycles. The molecule has 1 heterocycles. The lowest BCUT2D eigenvalue weighted by Crippen LogP contribution is -2.51. The van der Waals surface area contributed by atoms with E-state index in [1.807, 2.05) is 0 Å². The molecule has 1 saturated heterocycles. The summed E-state index contributed by atoms with van der Waals surface area (Å²) in [6, 6.07) is 0. The van der Waals surface area contributed by atoms with Crippen molar-refractivity contribution in [3.8, 4) is 0 Å². The summed E-state index contributed by atoms with van der Waals surface area (Å²) in [6.07, 6.45) is 0. The van der Waals surface area contributed by atoms with Gasteiger partial charge in [0.15, 0.2) is 0 Å². The molecule has 1 aliphatic rings.